The zero-order valence-electron chi connectivity index (χ0n) is 12.3. The molecular formula is C17H22ClN3. The minimum atomic E-state index is 0.551. The molecule has 0 unspecified atom stereocenters. The molecule has 4 heteroatoms. The molecule has 0 saturated carbocycles. The van der Waals surface area contributed by atoms with E-state index in [1.165, 1.54) is 6.34 Å². The zero-order valence-corrected chi connectivity index (χ0v) is 13.1. The fraction of sp³-hybridized carbons (Fsp3) is 0.118. The van der Waals surface area contributed by atoms with Crippen molar-refractivity contribution < 1.29 is 0 Å². The lowest BCUT2D eigenvalue weighted by atomic mass is 10.2. The van der Waals surface area contributed by atoms with Gasteiger partial charge in [0, 0.05) is 29.0 Å². The van der Waals surface area contributed by atoms with Crippen LogP contribution >= 0.6 is 11.6 Å². The molecule has 0 fully saturated rings. The molecule has 0 bridgehead atoms. The molecule has 0 heterocycles. The lowest BCUT2D eigenvalue weighted by Gasteiger charge is -2.05. The van der Waals surface area contributed by atoms with Crippen molar-refractivity contribution in [2.75, 3.05) is 0 Å². The van der Waals surface area contributed by atoms with E-state index >= 15 is 0 Å². The fourth-order valence-electron chi connectivity index (χ4n) is 1.24. The van der Waals surface area contributed by atoms with Crippen LogP contribution in [-0.2, 0) is 0 Å². The van der Waals surface area contributed by atoms with Crippen molar-refractivity contribution >= 4 is 17.9 Å². The number of aliphatic imine (C=N–C) groups is 1. The molecule has 0 rings (SSSR count). The van der Waals surface area contributed by atoms with Gasteiger partial charge in [0.1, 0.15) is 0 Å². The smallest absolute Gasteiger partial charge is 0.0856 e. The van der Waals surface area contributed by atoms with E-state index in [2.05, 4.69) is 23.5 Å². The Kier molecular flexibility index (Phi) is 11.4. The van der Waals surface area contributed by atoms with E-state index in [0.29, 0.717) is 11.5 Å². The largest absolute Gasteiger partial charge is 0.390 e. The molecule has 112 valence electrons. The van der Waals surface area contributed by atoms with E-state index in [9.17, 15) is 0 Å². The Morgan fingerprint density at radius 1 is 1.29 bits per heavy atom. The lowest BCUT2D eigenvalue weighted by molar-refractivity contribution is 0.955. The molecule has 0 aromatic carbocycles. The topological polar surface area (TPSA) is 50.4 Å². The normalized spacial score (nSPS) is 13.8. The number of nitrogens with two attached hydrogens (primary N) is 1. The van der Waals surface area contributed by atoms with Crippen LogP contribution in [0.25, 0.3) is 0 Å². The van der Waals surface area contributed by atoms with Crippen LogP contribution in [-0.4, -0.2) is 6.34 Å². The van der Waals surface area contributed by atoms with Gasteiger partial charge >= 0.3 is 0 Å². The number of nitrogens with zero attached hydrogens (tertiary/aromatic N) is 1. The Balaban J connectivity index is 4.52. The van der Waals surface area contributed by atoms with Gasteiger partial charge in [-0.25, -0.2) is 4.99 Å². The molecular weight excluding hydrogens is 282 g/mol. The Labute approximate surface area is 132 Å². The number of hydrogen-bond acceptors (Lipinski definition) is 2. The summed E-state index contributed by atoms with van der Waals surface area (Å²) in [6, 6.07) is 0. The van der Waals surface area contributed by atoms with E-state index in [-0.39, 0.29) is 0 Å². The van der Waals surface area contributed by atoms with Crippen LogP contribution in [0.15, 0.2) is 89.4 Å². The summed E-state index contributed by atoms with van der Waals surface area (Å²) in [5.74, 6) is 0. The van der Waals surface area contributed by atoms with E-state index in [1.54, 1.807) is 24.4 Å². The summed E-state index contributed by atoms with van der Waals surface area (Å²) in [5.41, 5.74) is 6.90. The van der Waals surface area contributed by atoms with Crippen molar-refractivity contribution in [3.8, 4) is 0 Å². The third kappa shape index (κ3) is 11.3. The Hall–Kier alpha value is -2.26. The molecule has 0 aliphatic heterocycles. The van der Waals surface area contributed by atoms with Crippen LogP contribution in [0.3, 0.4) is 0 Å². The van der Waals surface area contributed by atoms with Crippen LogP contribution in [0.1, 0.15) is 13.3 Å². The van der Waals surface area contributed by atoms with E-state index in [1.807, 2.05) is 37.3 Å². The molecule has 0 aliphatic carbocycles. The first-order chi connectivity index (χ1) is 10.1. The zero-order chi connectivity index (χ0) is 15.9. The number of halogens is 1. The molecule has 21 heavy (non-hydrogen) atoms. The molecule has 0 radical (unpaired) electrons. The standard InChI is InChI=1S/C17H22ClN3/c1-4-6-8-10-17(21-14-19)13-15(3)20-12-11-16(18)9-7-5-2/h4-12,14,20H,1,3,13H2,2H3,(H2,19,21)/b7-5-,8-6-,12-11+,16-9+,17-10+. The number of rotatable bonds is 9. The van der Waals surface area contributed by atoms with Crippen molar-refractivity contribution in [1.29, 1.82) is 0 Å². The molecule has 0 amide bonds. The minimum absolute atomic E-state index is 0.551. The van der Waals surface area contributed by atoms with Crippen molar-refractivity contribution in [3.05, 3.63) is 84.4 Å². The fourth-order valence-corrected chi connectivity index (χ4v) is 1.38. The SMILES string of the molecule is C=C\C=C/C=C(CC(=C)N/C=C/C(Cl)=C\C=C/C)/N=C\N. The third-order valence-electron chi connectivity index (χ3n) is 2.15. The van der Waals surface area contributed by atoms with Gasteiger partial charge in [-0.05, 0) is 25.2 Å². The molecule has 3 nitrogen and oxygen atoms in total. The monoisotopic (exact) mass is 303 g/mol. The highest BCUT2D eigenvalue weighted by molar-refractivity contribution is 6.31. The quantitative estimate of drug-likeness (QED) is 0.379. The highest BCUT2D eigenvalue weighted by atomic mass is 35.5. The van der Waals surface area contributed by atoms with Gasteiger partial charge in [-0.15, -0.1) is 0 Å². The molecule has 0 aromatic rings. The number of hydrogen-bond donors (Lipinski definition) is 2. The molecule has 0 aromatic heterocycles. The summed E-state index contributed by atoms with van der Waals surface area (Å²) in [7, 11) is 0. The van der Waals surface area contributed by atoms with Crippen molar-refractivity contribution in [3.63, 3.8) is 0 Å². The molecule has 0 atom stereocenters. The van der Waals surface area contributed by atoms with Crippen molar-refractivity contribution in [1.82, 2.24) is 5.32 Å². The summed E-state index contributed by atoms with van der Waals surface area (Å²) in [6.07, 6.45) is 18.0. The molecule has 0 spiro atoms. The Morgan fingerprint density at radius 2 is 2.05 bits per heavy atom. The Bertz CT molecular complexity index is 506. The average Bonchev–Trinajstić information content (AvgIpc) is 2.45. The van der Waals surface area contributed by atoms with Crippen LogP contribution < -0.4 is 11.1 Å². The van der Waals surface area contributed by atoms with Crippen LogP contribution in [0.5, 0.6) is 0 Å². The second-order valence-electron chi connectivity index (χ2n) is 3.89. The van der Waals surface area contributed by atoms with E-state index < -0.39 is 0 Å². The van der Waals surface area contributed by atoms with Gasteiger partial charge in [0.05, 0.1) is 6.34 Å². The summed E-state index contributed by atoms with van der Waals surface area (Å²) in [6.45, 7) is 9.45. The van der Waals surface area contributed by atoms with Gasteiger partial charge in [-0.3, -0.25) is 0 Å². The van der Waals surface area contributed by atoms with Crippen LogP contribution in [0.2, 0.25) is 0 Å². The molecule has 3 N–H and O–H groups in total. The van der Waals surface area contributed by atoms with Gasteiger partial charge in [0.25, 0.3) is 0 Å². The first kappa shape index (κ1) is 18.7. The first-order valence-electron chi connectivity index (χ1n) is 6.46. The maximum Gasteiger partial charge on any atom is 0.0856 e. The van der Waals surface area contributed by atoms with Gasteiger partial charge in [0.2, 0.25) is 0 Å². The van der Waals surface area contributed by atoms with Gasteiger partial charge in [-0.1, -0.05) is 55.1 Å². The van der Waals surface area contributed by atoms with Crippen molar-refractivity contribution in [2.45, 2.75) is 13.3 Å². The maximum absolute atomic E-state index is 5.97. The van der Waals surface area contributed by atoms with E-state index in [4.69, 9.17) is 17.3 Å². The van der Waals surface area contributed by atoms with E-state index in [0.717, 1.165) is 11.4 Å². The number of allylic oxidation sites excluding steroid dienone is 9. The highest BCUT2D eigenvalue weighted by Crippen LogP contribution is 2.09. The molecule has 0 saturated heterocycles. The van der Waals surface area contributed by atoms with Crippen LogP contribution in [0, 0.1) is 0 Å². The lowest BCUT2D eigenvalue weighted by Crippen LogP contribution is -2.04. The highest BCUT2D eigenvalue weighted by Gasteiger charge is 1.96. The van der Waals surface area contributed by atoms with Gasteiger partial charge in [0.15, 0.2) is 0 Å². The van der Waals surface area contributed by atoms with Gasteiger partial charge < -0.3 is 11.1 Å². The minimum Gasteiger partial charge on any atom is -0.390 e. The second kappa shape index (κ2) is 12.8. The predicted octanol–water partition coefficient (Wildman–Crippen LogP) is 4.31. The second-order valence-corrected chi connectivity index (χ2v) is 4.33. The summed E-state index contributed by atoms with van der Waals surface area (Å²) >= 11 is 5.97. The molecule has 0 aliphatic rings. The predicted molar refractivity (Wildman–Crippen MR) is 94.9 cm³/mol. The third-order valence-corrected chi connectivity index (χ3v) is 2.40. The summed E-state index contributed by atoms with van der Waals surface area (Å²) in [5, 5.41) is 3.67. The summed E-state index contributed by atoms with van der Waals surface area (Å²) in [4.78, 5) is 4.08. The number of nitrogens with one attached hydrogen (secondary N) is 1. The van der Waals surface area contributed by atoms with Crippen LogP contribution in [0.4, 0.5) is 0 Å². The average molecular weight is 304 g/mol. The summed E-state index contributed by atoms with van der Waals surface area (Å²) < 4.78 is 0. The van der Waals surface area contributed by atoms with Gasteiger partial charge in [-0.2, -0.15) is 0 Å². The maximum atomic E-state index is 5.97. The Morgan fingerprint density at radius 3 is 2.67 bits per heavy atom. The first-order valence-corrected chi connectivity index (χ1v) is 6.83. The van der Waals surface area contributed by atoms with Crippen molar-refractivity contribution in [2.24, 2.45) is 10.7 Å².